The van der Waals surface area contributed by atoms with Gasteiger partial charge in [0.15, 0.2) is 0 Å². The van der Waals surface area contributed by atoms with Gasteiger partial charge in [-0.1, -0.05) is 30.3 Å². The van der Waals surface area contributed by atoms with Crippen LogP contribution >= 0.6 is 0 Å². The lowest BCUT2D eigenvalue weighted by atomic mass is 9.79. The molecule has 1 aromatic heterocycles. The molecule has 2 heterocycles. The fraction of sp³-hybridized carbons (Fsp3) is 0.270. The van der Waals surface area contributed by atoms with Gasteiger partial charge in [0.25, 0.3) is 0 Å². The zero-order valence-electron chi connectivity index (χ0n) is 27.3. The first-order valence-electron chi connectivity index (χ1n) is 15.4. The molecule has 0 saturated carbocycles. The van der Waals surface area contributed by atoms with Crippen LogP contribution in [0.1, 0.15) is 30.9 Å². The number of allylic oxidation sites excluding steroid dienone is 2. The zero-order chi connectivity index (χ0) is 34.0. The topological polar surface area (TPSA) is 110 Å². The van der Waals surface area contributed by atoms with Crippen molar-refractivity contribution in [3.63, 3.8) is 0 Å². The Balaban J connectivity index is 1.59. The molecule has 0 unspecified atom stereocenters. The molecule has 5 rings (SSSR count). The maximum absolute atomic E-state index is 13.7. The number of esters is 2. The number of benzene rings is 3. The lowest BCUT2D eigenvalue weighted by Crippen LogP contribution is -2.33. The van der Waals surface area contributed by atoms with Gasteiger partial charge in [-0.2, -0.15) is 5.10 Å². The second-order valence-electron chi connectivity index (χ2n) is 11.0. The molecule has 0 saturated heterocycles. The number of nitrogens with one attached hydrogen (secondary N) is 1. The van der Waals surface area contributed by atoms with Gasteiger partial charge in [0, 0.05) is 42.9 Å². The van der Waals surface area contributed by atoms with E-state index >= 15 is 0 Å². The summed E-state index contributed by atoms with van der Waals surface area (Å²) in [4.78, 5) is 27.5. The van der Waals surface area contributed by atoms with Crippen molar-refractivity contribution in [2.45, 2.75) is 26.4 Å². The third-order valence-electron chi connectivity index (χ3n) is 7.76. The van der Waals surface area contributed by atoms with E-state index in [1.54, 1.807) is 30.7 Å². The van der Waals surface area contributed by atoms with E-state index in [0.29, 0.717) is 28.4 Å². The van der Waals surface area contributed by atoms with Gasteiger partial charge in [-0.3, -0.25) is 0 Å². The Labute approximate surface area is 278 Å². The van der Waals surface area contributed by atoms with Gasteiger partial charge in [0.2, 0.25) is 0 Å². The molecule has 3 aromatic carbocycles. The van der Waals surface area contributed by atoms with Crippen molar-refractivity contribution in [2.75, 3.05) is 40.6 Å². The van der Waals surface area contributed by atoms with Crippen molar-refractivity contribution in [2.24, 2.45) is 0 Å². The van der Waals surface area contributed by atoms with Crippen molar-refractivity contribution in [3.8, 4) is 22.7 Å². The van der Waals surface area contributed by atoms with Gasteiger partial charge in [0.1, 0.15) is 31.4 Å². The number of carbonyl (C=O) groups is 2. The predicted octanol–water partition coefficient (Wildman–Crippen LogP) is 5.87. The Bertz CT molecular complexity index is 1740. The van der Waals surface area contributed by atoms with Crippen LogP contribution in [0.4, 0.5) is 4.39 Å². The average molecular weight is 656 g/mol. The van der Waals surface area contributed by atoms with E-state index in [9.17, 15) is 14.0 Å². The minimum absolute atomic E-state index is 0.0324. The molecule has 0 aliphatic carbocycles. The van der Waals surface area contributed by atoms with Crippen LogP contribution in [0, 0.1) is 5.82 Å². The van der Waals surface area contributed by atoms with Gasteiger partial charge in [0.05, 0.1) is 41.7 Å². The first kappa shape index (κ1) is 34.1. The third kappa shape index (κ3) is 7.99. The number of rotatable bonds is 14. The van der Waals surface area contributed by atoms with Crippen LogP contribution < -0.4 is 10.1 Å². The zero-order valence-corrected chi connectivity index (χ0v) is 27.3. The average Bonchev–Trinajstić information content (AvgIpc) is 3.54. The molecule has 0 amide bonds. The van der Waals surface area contributed by atoms with Gasteiger partial charge < -0.3 is 29.0 Å². The van der Waals surface area contributed by atoms with E-state index in [1.807, 2.05) is 60.8 Å². The van der Waals surface area contributed by atoms with E-state index < -0.39 is 17.9 Å². The number of dihydropyridines is 1. The molecule has 11 heteroatoms. The summed E-state index contributed by atoms with van der Waals surface area (Å²) in [6, 6.07) is 23.0. The Morgan fingerprint density at radius 3 is 1.94 bits per heavy atom. The predicted molar refractivity (Wildman–Crippen MR) is 177 cm³/mol. The minimum Gasteiger partial charge on any atom is -0.489 e. The van der Waals surface area contributed by atoms with Crippen LogP contribution in [0.5, 0.6) is 5.75 Å². The number of halogens is 1. The molecule has 0 radical (unpaired) electrons. The van der Waals surface area contributed by atoms with Crippen LogP contribution in [0.2, 0.25) is 0 Å². The highest BCUT2D eigenvalue weighted by molar-refractivity contribution is 6.00. The highest BCUT2D eigenvalue weighted by Crippen LogP contribution is 2.43. The quantitative estimate of drug-likeness (QED) is 0.132. The molecular weight excluding hydrogens is 617 g/mol. The second-order valence-corrected chi connectivity index (χ2v) is 11.0. The number of hydrogen-bond acceptors (Lipinski definition) is 9. The van der Waals surface area contributed by atoms with Crippen LogP contribution in [0.25, 0.3) is 16.9 Å². The van der Waals surface area contributed by atoms with Crippen molar-refractivity contribution in [3.05, 3.63) is 125 Å². The summed E-state index contributed by atoms with van der Waals surface area (Å²) < 4.78 is 42.4. The van der Waals surface area contributed by atoms with E-state index in [0.717, 1.165) is 16.8 Å². The fourth-order valence-electron chi connectivity index (χ4n) is 5.43. The molecular formula is C37H38FN3O7. The van der Waals surface area contributed by atoms with Gasteiger partial charge in [-0.15, -0.1) is 0 Å². The molecule has 1 N–H and O–H groups in total. The maximum atomic E-state index is 13.7. The Morgan fingerprint density at radius 1 is 0.792 bits per heavy atom. The van der Waals surface area contributed by atoms with E-state index in [4.69, 9.17) is 28.8 Å². The summed E-state index contributed by atoms with van der Waals surface area (Å²) in [5.74, 6) is -1.79. The molecule has 0 spiro atoms. The first-order chi connectivity index (χ1) is 23.3. The van der Waals surface area contributed by atoms with Gasteiger partial charge in [-0.25, -0.2) is 18.7 Å². The van der Waals surface area contributed by atoms with Crippen LogP contribution in [-0.4, -0.2) is 62.4 Å². The van der Waals surface area contributed by atoms with Crippen molar-refractivity contribution in [1.29, 1.82) is 0 Å². The largest absolute Gasteiger partial charge is 0.489 e. The highest BCUT2D eigenvalue weighted by atomic mass is 19.1. The standard InChI is InChI=1S/C37H38FN3O7/c1-24-32(36(42)46-20-18-44-3)34(33(25(2)39-24)37(43)47-21-19-45-4)31-22-41(29-8-6-5-7-9-29)40-35(31)27-12-16-30(17-13-27)48-23-26-10-14-28(38)15-11-26/h5-17,22,34,39H,18-21,23H2,1-4H3. The Kier molecular flexibility index (Phi) is 11.4. The lowest BCUT2D eigenvalue weighted by Gasteiger charge is -2.30. The van der Waals surface area contributed by atoms with Crippen LogP contribution in [0.15, 0.2) is 108 Å². The molecule has 10 nitrogen and oxygen atoms in total. The van der Waals surface area contributed by atoms with Crippen LogP contribution in [-0.2, 0) is 35.1 Å². The normalized spacial score (nSPS) is 13.4. The molecule has 1 aliphatic heterocycles. The maximum Gasteiger partial charge on any atom is 0.336 e. The summed E-state index contributed by atoms with van der Waals surface area (Å²) in [6.07, 6.45) is 1.82. The second kappa shape index (κ2) is 16.0. The molecule has 4 aromatic rings. The molecule has 0 fully saturated rings. The number of nitrogens with zero attached hydrogens (tertiary/aromatic N) is 2. The van der Waals surface area contributed by atoms with Crippen molar-refractivity contribution < 1.29 is 37.7 Å². The molecule has 0 atom stereocenters. The summed E-state index contributed by atoms with van der Waals surface area (Å²) in [5, 5.41) is 8.16. The highest BCUT2D eigenvalue weighted by Gasteiger charge is 2.40. The summed E-state index contributed by atoms with van der Waals surface area (Å²) in [6.45, 7) is 4.29. The van der Waals surface area contributed by atoms with Crippen molar-refractivity contribution in [1.82, 2.24) is 15.1 Å². The molecule has 1 aliphatic rings. The summed E-state index contributed by atoms with van der Waals surface area (Å²) in [5.41, 5.74) is 5.06. The van der Waals surface area contributed by atoms with E-state index in [2.05, 4.69) is 5.32 Å². The summed E-state index contributed by atoms with van der Waals surface area (Å²) in [7, 11) is 3.04. The molecule has 48 heavy (non-hydrogen) atoms. The lowest BCUT2D eigenvalue weighted by molar-refractivity contribution is -0.141. The number of para-hydroxylation sites is 1. The number of methoxy groups -OCH3 is 2. The minimum atomic E-state index is -0.891. The Morgan fingerprint density at radius 2 is 1.38 bits per heavy atom. The smallest absolute Gasteiger partial charge is 0.336 e. The number of ether oxygens (including phenoxy) is 5. The molecule has 0 bridgehead atoms. The first-order valence-corrected chi connectivity index (χ1v) is 15.4. The number of carbonyl (C=O) groups excluding carboxylic acids is 2. The van der Waals surface area contributed by atoms with Gasteiger partial charge >= 0.3 is 11.9 Å². The SMILES string of the molecule is COCCOC(=O)C1=C(C)NC(C)=C(C(=O)OCCOC)C1c1cn(-c2ccccc2)nc1-c1ccc(OCc2ccc(F)cc2)cc1. The van der Waals surface area contributed by atoms with Crippen molar-refractivity contribution >= 4 is 11.9 Å². The van der Waals surface area contributed by atoms with E-state index in [-0.39, 0.29) is 50.0 Å². The Hall–Kier alpha value is -5.26. The van der Waals surface area contributed by atoms with E-state index in [1.165, 1.54) is 26.4 Å². The monoisotopic (exact) mass is 655 g/mol. The van der Waals surface area contributed by atoms with Crippen LogP contribution in [0.3, 0.4) is 0 Å². The summed E-state index contributed by atoms with van der Waals surface area (Å²) >= 11 is 0. The number of aromatic nitrogens is 2. The third-order valence-corrected chi connectivity index (χ3v) is 7.76. The fourth-order valence-corrected chi connectivity index (χ4v) is 5.43. The van der Waals surface area contributed by atoms with Gasteiger partial charge in [-0.05, 0) is 67.9 Å². The molecule has 250 valence electrons. The number of hydrogen-bond donors (Lipinski definition) is 1.